The molecule has 1 aliphatic rings. The number of hydrogen-bond acceptors (Lipinski definition) is 4. The second-order valence-corrected chi connectivity index (χ2v) is 9.36. The second-order valence-electron chi connectivity index (χ2n) is 8.49. The Bertz CT molecular complexity index is 1150. The molecule has 6 nitrogen and oxygen atoms in total. The highest BCUT2D eigenvalue weighted by Gasteiger charge is 2.28. The zero-order valence-electron chi connectivity index (χ0n) is 19.0. The number of rotatable bonds is 7. The molecule has 8 heteroatoms. The van der Waals surface area contributed by atoms with Crippen molar-refractivity contribution in [1.82, 2.24) is 19.8 Å². The number of nitrogens with one attached hydrogen (secondary N) is 1. The Balaban J connectivity index is 1.32. The van der Waals surface area contributed by atoms with Crippen LogP contribution in [0.1, 0.15) is 29.8 Å². The van der Waals surface area contributed by atoms with Gasteiger partial charge in [0.05, 0.1) is 16.8 Å². The van der Waals surface area contributed by atoms with Gasteiger partial charge in [-0.2, -0.15) is 11.8 Å². The van der Waals surface area contributed by atoms with E-state index in [1.165, 1.54) is 6.07 Å². The van der Waals surface area contributed by atoms with Crippen molar-refractivity contribution in [3.8, 4) is 0 Å². The number of carbonyl (C=O) groups excluding carboxylic acids is 2. The Hall–Kier alpha value is -2.87. The summed E-state index contributed by atoms with van der Waals surface area (Å²) in [7, 11) is 0. The van der Waals surface area contributed by atoms with Crippen LogP contribution in [0.25, 0.3) is 11.0 Å². The van der Waals surface area contributed by atoms with E-state index in [9.17, 15) is 14.0 Å². The summed E-state index contributed by atoms with van der Waals surface area (Å²) in [5.41, 5.74) is 3.20. The van der Waals surface area contributed by atoms with Crippen molar-refractivity contribution >= 4 is 34.6 Å². The minimum absolute atomic E-state index is 0.0362. The first-order chi connectivity index (χ1) is 16.0. The molecule has 1 aromatic heterocycles. The van der Waals surface area contributed by atoms with Crippen molar-refractivity contribution in [2.75, 3.05) is 19.3 Å². The van der Waals surface area contributed by atoms with E-state index in [2.05, 4.69) is 10.3 Å². The Kier molecular flexibility index (Phi) is 7.33. The number of amides is 2. The molecule has 4 rings (SSSR count). The Labute approximate surface area is 197 Å². The van der Waals surface area contributed by atoms with Gasteiger partial charge in [-0.15, -0.1) is 0 Å². The summed E-state index contributed by atoms with van der Waals surface area (Å²) in [4.78, 5) is 32.2. The van der Waals surface area contributed by atoms with Gasteiger partial charge in [-0.05, 0) is 55.3 Å². The lowest BCUT2D eigenvalue weighted by atomic mass is 9.95. The van der Waals surface area contributed by atoms with E-state index in [0.29, 0.717) is 38.0 Å². The molecule has 0 aliphatic carbocycles. The van der Waals surface area contributed by atoms with Crippen LogP contribution in [0.5, 0.6) is 0 Å². The summed E-state index contributed by atoms with van der Waals surface area (Å²) >= 11 is 1.68. The Morgan fingerprint density at radius 1 is 1.18 bits per heavy atom. The van der Waals surface area contributed by atoms with Gasteiger partial charge in [-0.3, -0.25) is 9.59 Å². The van der Waals surface area contributed by atoms with Crippen molar-refractivity contribution in [1.29, 1.82) is 0 Å². The van der Waals surface area contributed by atoms with E-state index in [1.54, 1.807) is 24.8 Å². The molecule has 33 heavy (non-hydrogen) atoms. The standard InChI is InChI=1S/C25H29FN4O2S/c1-17-7-8-18(13-20(17)26)14-27-25(32)19-9-11-29(12-10-19)24(31)15-30-22-6-4-3-5-21(22)28-23(30)16-33-2/h3-8,13,19H,9-12,14-16H2,1-2H3,(H,27,32). The van der Waals surface area contributed by atoms with E-state index in [0.717, 1.165) is 28.2 Å². The molecule has 1 saturated heterocycles. The van der Waals surface area contributed by atoms with Gasteiger partial charge >= 0.3 is 0 Å². The summed E-state index contributed by atoms with van der Waals surface area (Å²) in [5, 5.41) is 2.91. The van der Waals surface area contributed by atoms with Gasteiger partial charge < -0.3 is 14.8 Å². The molecule has 0 spiro atoms. The topological polar surface area (TPSA) is 67.2 Å². The van der Waals surface area contributed by atoms with Crippen molar-refractivity contribution in [3.63, 3.8) is 0 Å². The van der Waals surface area contributed by atoms with E-state index < -0.39 is 0 Å². The SMILES string of the molecule is CSCc1nc2ccccc2n1CC(=O)N1CCC(C(=O)NCc2ccc(C)c(F)c2)CC1. The third-order valence-corrected chi connectivity index (χ3v) is 6.77. The van der Waals surface area contributed by atoms with Gasteiger partial charge in [0.15, 0.2) is 0 Å². The first-order valence-corrected chi connectivity index (χ1v) is 12.6. The molecule has 174 valence electrons. The molecule has 1 aliphatic heterocycles. The van der Waals surface area contributed by atoms with Crippen LogP contribution in [0.2, 0.25) is 0 Å². The summed E-state index contributed by atoms with van der Waals surface area (Å²) in [6, 6.07) is 12.9. The normalized spacial score (nSPS) is 14.6. The molecule has 0 saturated carbocycles. The van der Waals surface area contributed by atoms with Crippen LogP contribution in [0.4, 0.5) is 4.39 Å². The van der Waals surface area contributed by atoms with E-state index in [4.69, 9.17) is 0 Å². The van der Waals surface area contributed by atoms with Gasteiger partial charge in [-0.1, -0.05) is 24.3 Å². The number of likely N-dealkylation sites (tertiary alicyclic amines) is 1. The molecule has 1 N–H and O–H groups in total. The summed E-state index contributed by atoms with van der Waals surface area (Å²) in [6.07, 6.45) is 3.28. The third-order valence-electron chi connectivity index (χ3n) is 6.22. The fourth-order valence-corrected chi connectivity index (χ4v) is 4.73. The third kappa shape index (κ3) is 5.38. The lowest BCUT2D eigenvalue weighted by molar-refractivity contribution is -0.136. The average molecular weight is 469 g/mol. The quantitative estimate of drug-likeness (QED) is 0.571. The molecular formula is C25H29FN4O2S. The van der Waals surface area contributed by atoms with Crippen LogP contribution >= 0.6 is 11.8 Å². The van der Waals surface area contributed by atoms with Crippen LogP contribution in [-0.4, -0.2) is 45.6 Å². The number of carbonyl (C=O) groups is 2. The zero-order chi connectivity index (χ0) is 23.4. The lowest BCUT2D eigenvalue weighted by Crippen LogP contribution is -2.44. The van der Waals surface area contributed by atoms with Gasteiger partial charge in [0, 0.05) is 25.6 Å². The molecule has 3 aromatic rings. The van der Waals surface area contributed by atoms with E-state index >= 15 is 0 Å². The van der Waals surface area contributed by atoms with Crippen molar-refractivity contribution in [2.45, 2.75) is 38.6 Å². The van der Waals surface area contributed by atoms with Crippen molar-refractivity contribution < 1.29 is 14.0 Å². The first kappa shape index (κ1) is 23.3. The van der Waals surface area contributed by atoms with E-state index in [-0.39, 0.29) is 30.1 Å². The number of aryl methyl sites for hydroxylation is 1. The molecule has 2 heterocycles. The van der Waals surface area contributed by atoms with Gasteiger partial charge in [-0.25, -0.2) is 9.37 Å². The maximum absolute atomic E-state index is 13.7. The zero-order valence-corrected chi connectivity index (χ0v) is 19.8. The highest BCUT2D eigenvalue weighted by atomic mass is 32.2. The number of fused-ring (bicyclic) bond motifs is 1. The fourth-order valence-electron chi connectivity index (χ4n) is 4.25. The number of halogens is 1. The Morgan fingerprint density at radius 3 is 2.67 bits per heavy atom. The first-order valence-electron chi connectivity index (χ1n) is 11.2. The van der Waals surface area contributed by atoms with Crippen molar-refractivity contribution in [3.05, 3.63) is 65.2 Å². The minimum atomic E-state index is -0.264. The number of hydrogen-bond donors (Lipinski definition) is 1. The largest absolute Gasteiger partial charge is 0.352 e. The molecule has 1 fully saturated rings. The molecule has 0 unspecified atom stereocenters. The summed E-state index contributed by atoms with van der Waals surface area (Å²) in [6.45, 7) is 3.39. The number of piperidine rings is 1. The maximum Gasteiger partial charge on any atom is 0.242 e. The van der Waals surface area contributed by atoms with Crippen LogP contribution in [0.15, 0.2) is 42.5 Å². The van der Waals surface area contributed by atoms with Crippen LogP contribution in [0, 0.1) is 18.7 Å². The highest BCUT2D eigenvalue weighted by molar-refractivity contribution is 7.97. The second kappa shape index (κ2) is 10.4. The van der Waals surface area contributed by atoms with Crippen molar-refractivity contribution in [2.24, 2.45) is 5.92 Å². The predicted molar refractivity (Wildman–Crippen MR) is 129 cm³/mol. The number of thioether (sulfide) groups is 1. The predicted octanol–water partition coefficient (Wildman–Crippen LogP) is 3.90. The van der Waals surface area contributed by atoms with Crippen LogP contribution < -0.4 is 5.32 Å². The van der Waals surface area contributed by atoms with Gasteiger partial charge in [0.2, 0.25) is 11.8 Å². The molecule has 2 aromatic carbocycles. The number of benzene rings is 2. The highest BCUT2D eigenvalue weighted by Crippen LogP contribution is 2.22. The van der Waals surface area contributed by atoms with Crippen LogP contribution in [0.3, 0.4) is 0 Å². The summed E-state index contributed by atoms with van der Waals surface area (Å²) in [5.74, 6) is 1.26. The van der Waals surface area contributed by atoms with Gasteiger partial charge in [0.25, 0.3) is 0 Å². The fraction of sp³-hybridized carbons (Fsp3) is 0.400. The van der Waals surface area contributed by atoms with E-state index in [1.807, 2.05) is 46.1 Å². The molecule has 0 radical (unpaired) electrons. The number of nitrogens with zero attached hydrogens (tertiary/aromatic N) is 3. The smallest absolute Gasteiger partial charge is 0.242 e. The maximum atomic E-state index is 13.7. The summed E-state index contributed by atoms with van der Waals surface area (Å²) < 4.78 is 15.7. The number of para-hydroxylation sites is 2. The number of imidazole rings is 1. The average Bonchev–Trinajstić information content (AvgIpc) is 3.17. The minimum Gasteiger partial charge on any atom is -0.352 e. The Morgan fingerprint density at radius 2 is 1.94 bits per heavy atom. The molecule has 0 atom stereocenters. The molecule has 0 bridgehead atoms. The molecule has 2 amide bonds. The molecular weight excluding hydrogens is 439 g/mol. The monoisotopic (exact) mass is 468 g/mol. The van der Waals surface area contributed by atoms with Crippen LogP contribution in [-0.2, 0) is 28.4 Å². The lowest BCUT2D eigenvalue weighted by Gasteiger charge is -2.31. The van der Waals surface area contributed by atoms with Gasteiger partial charge in [0.1, 0.15) is 18.2 Å². The number of aromatic nitrogens is 2.